The molecule has 0 aliphatic carbocycles. The molecule has 7 heteroatoms. The molecule has 0 radical (unpaired) electrons. The van der Waals surface area contributed by atoms with Crippen LogP contribution in [0.1, 0.15) is 24.2 Å². The number of ether oxygens (including phenoxy) is 2. The molecule has 0 saturated heterocycles. The van der Waals surface area contributed by atoms with Crippen LogP contribution in [0.5, 0.6) is 5.75 Å². The van der Waals surface area contributed by atoms with Crippen molar-refractivity contribution in [3.63, 3.8) is 0 Å². The van der Waals surface area contributed by atoms with Gasteiger partial charge in [-0.1, -0.05) is 0 Å². The summed E-state index contributed by atoms with van der Waals surface area (Å²) in [4.78, 5) is 35.0. The molecule has 2 aromatic carbocycles. The van der Waals surface area contributed by atoms with Crippen LogP contribution < -0.4 is 10.1 Å². The number of hydrogen-bond donors (Lipinski definition) is 1. The summed E-state index contributed by atoms with van der Waals surface area (Å²) in [5, 5.41) is 2.58. The summed E-state index contributed by atoms with van der Waals surface area (Å²) in [6.45, 7) is 2.47. The molecule has 6 nitrogen and oxygen atoms in total. The second-order valence-corrected chi connectivity index (χ2v) is 5.50. The highest BCUT2D eigenvalue weighted by atomic mass is 19.1. The number of amides is 1. The number of carbonyl (C=O) groups is 3. The molecule has 0 saturated carbocycles. The summed E-state index contributed by atoms with van der Waals surface area (Å²) >= 11 is 0. The third-order valence-electron chi connectivity index (χ3n) is 3.41. The summed E-state index contributed by atoms with van der Waals surface area (Å²) in [7, 11) is 0. The van der Waals surface area contributed by atoms with E-state index in [1.807, 2.05) is 0 Å². The van der Waals surface area contributed by atoms with Crippen molar-refractivity contribution in [3.8, 4) is 5.75 Å². The average molecular weight is 359 g/mol. The summed E-state index contributed by atoms with van der Waals surface area (Å²) in [5.41, 5.74) is 1.01. The van der Waals surface area contributed by atoms with Gasteiger partial charge in [0.2, 0.25) is 0 Å². The third-order valence-corrected chi connectivity index (χ3v) is 3.41. The standard InChI is InChI=1S/C19H18FNO5/c1-12(22)14-3-7-16(8-4-14)21-19(24)13(2)26-18(23)11-25-17-9-5-15(20)6-10-17/h3-10,13H,11H2,1-2H3,(H,21,24)/t13-/m1/s1. The van der Waals surface area contributed by atoms with Crippen LogP contribution in [-0.4, -0.2) is 30.4 Å². The smallest absolute Gasteiger partial charge is 0.344 e. The molecule has 0 aliphatic rings. The molecule has 2 rings (SSSR count). The van der Waals surface area contributed by atoms with E-state index in [0.717, 1.165) is 0 Å². The summed E-state index contributed by atoms with van der Waals surface area (Å²) in [6, 6.07) is 11.5. The van der Waals surface area contributed by atoms with Crippen molar-refractivity contribution in [2.24, 2.45) is 0 Å². The first-order valence-corrected chi connectivity index (χ1v) is 7.85. The topological polar surface area (TPSA) is 81.7 Å². The van der Waals surface area contributed by atoms with Gasteiger partial charge < -0.3 is 14.8 Å². The number of esters is 1. The number of ketones is 1. The van der Waals surface area contributed by atoms with Gasteiger partial charge in [-0.25, -0.2) is 9.18 Å². The minimum atomic E-state index is -1.04. The van der Waals surface area contributed by atoms with Gasteiger partial charge in [-0.2, -0.15) is 0 Å². The van der Waals surface area contributed by atoms with Crippen LogP contribution in [0.15, 0.2) is 48.5 Å². The Kier molecular flexibility index (Phi) is 6.43. The molecule has 136 valence electrons. The molecule has 1 N–H and O–H groups in total. The lowest BCUT2D eigenvalue weighted by atomic mass is 10.1. The van der Waals surface area contributed by atoms with E-state index < -0.39 is 30.4 Å². The molecule has 0 fully saturated rings. The largest absolute Gasteiger partial charge is 0.482 e. The Morgan fingerprint density at radius 3 is 2.23 bits per heavy atom. The van der Waals surface area contributed by atoms with Crippen LogP contribution in [0.4, 0.5) is 10.1 Å². The highest BCUT2D eigenvalue weighted by Crippen LogP contribution is 2.12. The zero-order valence-corrected chi connectivity index (χ0v) is 14.3. The minimum absolute atomic E-state index is 0.0775. The fourth-order valence-electron chi connectivity index (χ4n) is 1.99. The van der Waals surface area contributed by atoms with Crippen molar-refractivity contribution in [2.75, 3.05) is 11.9 Å². The van der Waals surface area contributed by atoms with Gasteiger partial charge in [0.1, 0.15) is 11.6 Å². The summed E-state index contributed by atoms with van der Waals surface area (Å²) in [6.07, 6.45) is -1.04. The molecule has 0 aromatic heterocycles. The molecular weight excluding hydrogens is 341 g/mol. The van der Waals surface area contributed by atoms with Crippen LogP contribution in [0, 0.1) is 5.82 Å². The number of Topliss-reactive ketones (excluding diaryl/α,β-unsaturated/α-hetero) is 1. The van der Waals surface area contributed by atoms with E-state index in [9.17, 15) is 18.8 Å². The molecule has 0 spiro atoms. The second kappa shape index (κ2) is 8.75. The Hall–Kier alpha value is -3.22. The van der Waals surface area contributed by atoms with E-state index in [1.54, 1.807) is 24.3 Å². The lowest BCUT2D eigenvalue weighted by Crippen LogP contribution is -2.31. The van der Waals surface area contributed by atoms with E-state index in [0.29, 0.717) is 17.0 Å². The lowest BCUT2D eigenvalue weighted by Gasteiger charge is -2.14. The van der Waals surface area contributed by atoms with Gasteiger partial charge in [-0.15, -0.1) is 0 Å². The normalized spacial score (nSPS) is 11.3. The fraction of sp³-hybridized carbons (Fsp3) is 0.211. The lowest BCUT2D eigenvalue weighted by molar-refractivity contribution is -0.155. The van der Waals surface area contributed by atoms with Crippen LogP contribution in [-0.2, 0) is 14.3 Å². The van der Waals surface area contributed by atoms with E-state index in [4.69, 9.17) is 9.47 Å². The third kappa shape index (κ3) is 5.70. The average Bonchev–Trinajstić information content (AvgIpc) is 2.61. The maximum absolute atomic E-state index is 12.8. The van der Waals surface area contributed by atoms with Gasteiger partial charge in [0.15, 0.2) is 18.5 Å². The maximum atomic E-state index is 12.8. The Morgan fingerprint density at radius 2 is 1.65 bits per heavy atom. The molecule has 0 heterocycles. The number of carbonyl (C=O) groups excluding carboxylic acids is 3. The van der Waals surface area contributed by atoms with Crippen molar-refractivity contribution in [3.05, 3.63) is 59.9 Å². The number of nitrogens with one attached hydrogen (secondary N) is 1. The zero-order chi connectivity index (χ0) is 19.1. The fourth-order valence-corrected chi connectivity index (χ4v) is 1.99. The SMILES string of the molecule is CC(=O)c1ccc(NC(=O)[C@@H](C)OC(=O)COc2ccc(F)cc2)cc1. The van der Waals surface area contributed by atoms with Crippen molar-refractivity contribution >= 4 is 23.3 Å². The van der Waals surface area contributed by atoms with Gasteiger partial charge in [0.25, 0.3) is 5.91 Å². The Labute approximate surface area is 149 Å². The molecular formula is C19H18FNO5. The Morgan fingerprint density at radius 1 is 1.04 bits per heavy atom. The number of rotatable bonds is 7. The van der Waals surface area contributed by atoms with Gasteiger partial charge in [0, 0.05) is 11.3 Å². The first kappa shape index (κ1) is 19.1. The minimum Gasteiger partial charge on any atom is -0.482 e. The number of benzene rings is 2. The van der Waals surface area contributed by atoms with E-state index in [-0.39, 0.29) is 5.78 Å². The highest BCUT2D eigenvalue weighted by molar-refractivity contribution is 5.97. The van der Waals surface area contributed by atoms with Crippen molar-refractivity contribution in [2.45, 2.75) is 20.0 Å². The van der Waals surface area contributed by atoms with Crippen LogP contribution in [0.2, 0.25) is 0 Å². The quantitative estimate of drug-likeness (QED) is 0.607. The number of hydrogen-bond acceptors (Lipinski definition) is 5. The predicted octanol–water partition coefficient (Wildman–Crippen LogP) is 2.98. The van der Waals surface area contributed by atoms with Crippen LogP contribution >= 0.6 is 0 Å². The van der Waals surface area contributed by atoms with Crippen LogP contribution in [0.3, 0.4) is 0 Å². The van der Waals surface area contributed by atoms with Gasteiger partial charge in [-0.05, 0) is 62.4 Å². The molecule has 0 bridgehead atoms. The van der Waals surface area contributed by atoms with E-state index in [1.165, 1.54) is 38.1 Å². The summed E-state index contributed by atoms with van der Waals surface area (Å²) in [5.74, 6) is -1.43. The van der Waals surface area contributed by atoms with E-state index >= 15 is 0 Å². The van der Waals surface area contributed by atoms with Gasteiger partial charge >= 0.3 is 5.97 Å². The first-order chi connectivity index (χ1) is 12.3. The number of halogens is 1. The molecule has 26 heavy (non-hydrogen) atoms. The molecule has 0 unspecified atom stereocenters. The molecule has 2 aromatic rings. The summed E-state index contributed by atoms with van der Waals surface area (Å²) < 4.78 is 22.9. The van der Waals surface area contributed by atoms with E-state index in [2.05, 4.69) is 5.32 Å². The number of anilines is 1. The van der Waals surface area contributed by atoms with Gasteiger partial charge in [-0.3, -0.25) is 9.59 Å². The zero-order valence-electron chi connectivity index (χ0n) is 14.3. The van der Waals surface area contributed by atoms with Gasteiger partial charge in [0.05, 0.1) is 0 Å². The Bertz CT molecular complexity index is 787. The first-order valence-electron chi connectivity index (χ1n) is 7.85. The predicted molar refractivity (Wildman–Crippen MR) is 92.5 cm³/mol. The van der Waals surface area contributed by atoms with Crippen molar-refractivity contribution in [1.29, 1.82) is 0 Å². The highest BCUT2D eigenvalue weighted by Gasteiger charge is 2.18. The molecule has 0 aliphatic heterocycles. The second-order valence-electron chi connectivity index (χ2n) is 5.50. The van der Waals surface area contributed by atoms with Crippen molar-refractivity contribution < 1.29 is 28.2 Å². The van der Waals surface area contributed by atoms with Crippen LogP contribution in [0.25, 0.3) is 0 Å². The Balaban J connectivity index is 1.80. The maximum Gasteiger partial charge on any atom is 0.344 e. The monoisotopic (exact) mass is 359 g/mol. The molecule has 1 amide bonds. The van der Waals surface area contributed by atoms with Crippen molar-refractivity contribution in [1.82, 2.24) is 0 Å². The molecule has 1 atom stereocenters.